The molecule has 0 radical (unpaired) electrons. The Morgan fingerprint density at radius 1 is 1.07 bits per heavy atom. The summed E-state index contributed by atoms with van der Waals surface area (Å²) >= 11 is 0. The number of nitrogens with zero attached hydrogens (tertiary/aromatic N) is 2. The van der Waals surface area contributed by atoms with Gasteiger partial charge in [-0.3, -0.25) is 0 Å². The highest BCUT2D eigenvalue weighted by Gasteiger charge is 2.58. The molecular weight excluding hydrogens is 355 g/mol. The third-order valence-electron chi connectivity index (χ3n) is 6.69. The smallest absolute Gasteiger partial charge is 0.179 e. The van der Waals surface area contributed by atoms with E-state index in [9.17, 15) is 4.39 Å². The molecule has 1 aromatic heterocycles. The average Bonchev–Trinajstić information content (AvgIpc) is 3.06. The summed E-state index contributed by atoms with van der Waals surface area (Å²) in [6, 6.07) is 6.57. The van der Waals surface area contributed by atoms with Crippen LogP contribution in [0.15, 0.2) is 36.2 Å². The summed E-state index contributed by atoms with van der Waals surface area (Å²) in [4.78, 5) is 4.66. The van der Waals surface area contributed by atoms with Gasteiger partial charge in [-0.2, -0.15) is 0 Å². The van der Waals surface area contributed by atoms with Crippen LogP contribution in [0, 0.1) is 16.6 Å². The summed E-state index contributed by atoms with van der Waals surface area (Å²) in [5, 5.41) is 0. The van der Waals surface area contributed by atoms with Crippen molar-refractivity contribution in [2.45, 2.75) is 52.4 Å². The van der Waals surface area contributed by atoms with Crippen LogP contribution >= 0.6 is 0 Å². The third kappa shape index (κ3) is 2.60. The number of hydrogen-bond donors (Lipinski definition) is 0. The van der Waals surface area contributed by atoms with Crippen LogP contribution in [-0.4, -0.2) is 28.6 Å². The highest BCUT2D eigenvalue weighted by Crippen LogP contribution is 2.56. The fourth-order valence-electron chi connectivity index (χ4n) is 4.94. The predicted octanol–water partition coefficient (Wildman–Crippen LogP) is 5.05. The molecule has 1 saturated carbocycles. The second-order valence-corrected chi connectivity index (χ2v) is 9.46. The Kier molecular flexibility index (Phi) is 3.88. The Bertz CT molecular complexity index is 934. The van der Waals surface area contributed by atoms with E-state index in [1.807, 2.05) is 6.33 Å². The number of hydrogen-bond acceptors (Lipinski definition) is 3. The van der Waals surface area contributed by atoms with E-state index < -0.39 is 5.79 Å². The molecule has 1 saturated heterocycles. The fourth-order valence-corrected chi connectivity index (χ4v) is 4.94. The highest BCUT2D eigenvalue weighted by atomic mass is 19.1. The number of fused-ring (bicyclic) bond motifs is 3. The monoisotopic (exact) mass is 382 g/mol. The average molecular weight is 382 g/mol. The zero-order valence-electron chi connectivity index (χ0n) is 16.8. The largest absolute Gasteiger partial charge is 0.348 e. The molecule has 1 atom stereocenters. The van der Waals surface area contributed by atoms with Crippen molar-refractivity contribution in [3.8, 4) is 11.3 Å². The normalized spacial score (nSPS) is 27.8. The molecule has 148 valence electrons. The van der Waals surface area contributed by atoms with Crippen molar-refractivity contribution in [1.82, 2.24) is 9.55 Å². The van der Waals surface area contributed by atoms with Gasteiger partial charge in [0.2, 0.25) is 0 Å². The van der Waals surface area contributed by atoms with Gasteiger partial charge in [0, 0.05) is 23.9 Å². The maximum Gasteiger partial charge on any atom is 0.179 e. The van der Waals surface area contributed by atoms with Crippen molar-refractivity contribution in [3.63, 3.8) is 0 Å². The van der Waals surface area contributed by atoms with Crippen LogP contribution in [0.25, 0.3) is 17.3 Å². The van der Waals surface area contributed by atoms with Crippen molar-refractivity contribution >= 4 is 6.08 Å². The van der Waals surface area contributed by atoms with Crippen molar-refractivity contribution in [2.75, 3.05) is 13.2 Å². The number of halogens is 1. The third-order valence-corrected chi connectivity index (χ3v) is 6.69. The number of aromatic nitrogens is 2. The van der Waals surface area contributed by atoms with Gasteiger partial charge in [0.05, 0.1) is 36.3 Å². The Labute approximate surface area is 165 Å². The van der Waals surface area contributed by atoms with Gasteiger partial charge in [-0.15, -0.1) is 0 Å². The quantitative estimate of drug-likeness (QED) is 0.693. The summed E-state index contributed by atoms with van der Waals surface area (Å²) in [5.41, 5.74) is 4.14. The lowest BCUT2D eigenvalue weighted by Gasteiger charge is -2.57. The van der Waals surface area contributed by atoms with Gasteiger partial charge in [0.1, 0.15) is 5.82 Å². The Morgan fingerprint density at radius 2 is 1.79 bits per heavy atom. The number of ether oxygens (including phenoxy) is 2. The summed E-state index contributed by atoms with van der Waals surface area (Å²) < 4.78 is 28.5. The van der Waals surface area contributed by atoms with Crippen LogP contribution in [-0.2, 0) is 16.0 Å². The standard InChI is InChI=1S/C23H27FN2O2/c1-21(2)13-27-23(28-14-21)10-4-5-17-11-19-20(16-6-8-18(24)9-7-16)25-15-26(19)12-22(17,23)3/h6-9,11,15H,4-5,10,12-14H2,1-3H3. The fraction of sp³-hybridized carbons (Fsp3) is 0.522. The first-order valence-electron chi connectivity index (χ1n) is 10.1. The molecule has 5 rings (SSSR count). The first kappa shape index (κ1) is 18.1. The SMILES string of the molecule is CC1(C)COC2(CCCC3=Cc4c(-c5ccc(F)cc5)ncn4CC32C)OC1. The van der Waals surface area contributed by atoms with E-state index >= 15 is 0 Å². The van der Waals surface area contributed by atoms with Crippen LogP contribution in [0.2, 0.25) is 0 Å². The molecule has 0 N–H and O–H groups in total. The second kappa shape index (κ2) is 6.01. The van der Waals surface area contributed by atoms with E-state index in [0.717, 1.165) is 42.8 Å². The van der Waals surface area contributed by atoms with Gasteiger partial charge >= 0.3 is 0 Å². The van der Waals surface area contributed by atoms with E-state index in [4.69, 9.17) is 9.47 Å². The number of imidazole rings is 1. The molecule has 3 aliphatic rings. The van der Waals surface area contributed by atoms with E-state index in [1.54, 1.807) is 12.1 Å². The molecule has 2 aromatic rings. The zero-order chi connectivity index (χ0) is 19.6. The Hall–Kier alpha value is -1.98. The predicted molar refractivity (Wildman–Crippen MR) is 106 cm³/mol. The first-order chi connectivity index (χ1) is 13.3. The van der Waals surface area contributed by atoms with Gasteiger partial charge in [-0.05, 0) is 50.1 Å². The summed E-state index contributed by atoms with van der Waals surface area (Å²) in [6.07, 6.45) is 7.18. The van der Waals surface area contributed by atoms with Crippen LogP contribution < -0.4 is 0 Å². The van der Waals surface area contributed by atoms with Gasteiger partial charge < -0.3 is 14.0 Å². The summed E-state index contributed by atoms with van der Waals surface area (Å²) in [7, 11) is 0. The van der Waals surface area contributed by atoms with Crippen molar-refractivity contribution < 1.29 is 13.9 Å². The van der Waals surface area contributed by atoms with E-state index in [-0.39, 0.29) is 16.6 Å². The molecule has 28 heavy (non-hydrogen) atoms. The maximum absolute atomic E-state index is 13.3. The molecule has 4 nitrogen and oxygen atoms in total. The Balaban J connectivity index is 1.54. The van der Waals surface area contributed by atoms with Gasteiger partial charge in [-0.25, -0.2) is 9.37 Å². The Morgan fingerprint density at radius 3 is 2.50 bits per heavy atom. The zero-order valence-corrected chi connectivity index (χ0v) is 16.8. The molecule has 0 amide bonds. The molecular formula is C23H27FN2O2. The van der Waals surface area contributed by atoms with Crippen molar-refractivity contribution in [2.24, 2.45) is 10.8 Å². The van der Waals surface area contributed by atoms with Crippen LogP contribution in [0.5, 0.6) is 0 Å². The van der Waals surface area contributed by atoms with Gasteiger partial charge in [0.25, 0.3) is 0 Å². The van der Waals surface area contributed by atoms with Gasteiger partial charge in [-0.1, -0.05) is 19.4 Å². The minimum absolute atomic E-state index is 0.0491. The molecule has 1 aromatic carbocycles. The molecule has 1 spiro atoms. The van der Waals surface area contributed by atoms with Crippen LogP contribution in [0.3, 0.4) is 0 Å². The topological polar surface area (TPSA) is 36.3 Å². The summed E-state index contributed by atoms with van der Waals surface area (Å²) in [5.74, 6) is -0.795. The number of benzene rings is 1. The van der Waals surface area contributed by atoms with Crippen LogP contribution in [0.4, 0.5) is 4.39 Å². The van der Waals surface area contributed by atoms with Crippen LogP contribution in [0.1, 0.15) is 45.7 Å². The summed E-state index contributed by atoms with van der Waals surface area (Å²) in [6.45, 7) is 8.86. The van der Waals surface area contributed by atoms with Crippen molar-refractivity contribution in [3.05, 3.63) is 47.7 Å². The van der Waals surface area contributed by atoms with E-state index in [0.29, 0.717) is 13.2 Å². The minimum atomic E-state index is -0.565. The molecule has 3 heterocycles. The minimum Gasteiger partial charge on any atom is -0.348 e. The van der Waals surface area contributed by atoms with E-state index in [2.05, 4.69) is 36.4 Å². The number of rotatable bonds is 1. The molecule has 1 unspecified atom stereocenters. The van der Waals surface area contributed by atoms with Crippen molar-refractivity contribution in [1.29, 1.82) is 0 Å². The molecule has 1 aliphatic carbocycles. The first-order valence-corrected chi connectivity index (χ1v) is 10.1. The van der Waals surface area contributed by atoms with E-state index in [1.165, 1.54) is 17.7 Å². The maximum atomic E-state index is 13.3. The molecule has 2 aliphatic heterocycles. The molecule has 5 heteroatoms. The lowest BCUT2D eigenvalue weighted by atomic mass is 9.64. The highest BCUT2D eigenvalue weighted by molar-refractivity contribution is 5.72. The lowest BCUT2D eigenvalue weighted by molar-refractivity contribution is -0.348. The molecule has 2 fully saturated rings. The second-order valence-electron chi connectivity index (χ2n) is 9.46. The van der Waals surface area contributed by atoms with Gasteiger partial charge in [0.15, 0.2) is 5.79 Å². The molecule has 0 bridgehead atoms. The lowest BCUT2D eigenvalue weighted by Crippen LogP contribution is -2.61.